The molecule has 1 unspecified atom stereocenters. The van der Waals surface area contributed by atoms with Gasteiger partial charge in [0.2, 0.25) is 5.91 Å². The molecule has 0 radical (unpaired) electrons. The Hall–Kier alpha value is -1.84. The quantitative estimate of drug-likeness (QED) is 0.794. The van der Waals surface area contributed by atoms with Crippen LogP contribution in [0.3, 0.4) is 0 Å². The van der Waals surface area contributed by atoms with E-state index in [1.54, 1.807) is 0 Å². The van der Waals surface area contributed by atoms with Crippen LogP contribution < -0.4 is 0 Å². The minimum atomic E-state index is -0.159. The van der Waals surface area contributed by atoms with Gasteiger partial charge in [-0.3, -0.25) is 9.59 Å². The molecule has 0 bridgehead atoms. The molecule has 1 saturated heterocycles. The molecule has 0 spiro atoms. The molecular formula is C16H21NO3. The predicted molar refractivity (Wildman–Crippen MR) is 76.2 cm³/mol. The van der Waals surface area contributed by atoms with Crippen LogP contribution >= 0.6 is 0 Å². The van der Waals surface area contributed by atoms with Gasteiger partial charge in [0.25, 0.3) is 0 Å². The van der Waals surface area contributed by atoms with Gasteiger partial charge in [-0.2, -0.15) is 0 Å². The Morgan fingerprint density at radius 3 is 2.35 bits per heavy atom. The molecule has 0 N–H and O–H groups in total. The highest BCUT2D eigenvalue weighted by atomic mass is 16.5. The van der Waals surface area contributed by atoms with Crippen LogP contribution in [-0.4, -0.2) is 37.0 Å². The molecule has 1 amide bonds. The minimum Gasteiger partial charge on any atom is -0.469 e. The van der Waals surface area contributed by atoms with Gasteiger partial charge in [0.05, 0.1) is 18.9 Å². The molecular weight excluding hydrogens is 254 g/mol. The maximum atomic E-state index is 12.5. The summed E-state index contributed by atoms with van der Waals surface area (Å²) in [7, 11) is 1.41. The summed E-state index contributed by atoms with van der Waals surface area (Å²) in [6, 6.07) is 9.79. The highest BCUT2D eigenvalue weighted by Gasteiger charge is 2.30. The molecule has 4 heteroatoms. The highest BCUT2D eigenvalue weighted by Crippen LogP contribution is 2.23. The number of carbonyl (C=O) groups is 2. The molecule has 2 rings (SSSR count). The van der Waals surface area contributed by atoms with E-state index in [9.17, 15) is 9.59 Å². The van der Waals surface area contributed by atoms with Crippen molar-refractivity contribution in [1.82, 2.24) is 4.90 Å². The molecule has 0 aliphatic carbocycles. The maximum absolute atomic E-state index is 12.5. The number of esters is 1. The van der Waals surface area contributed by atoms with Gasteiger partial charge < -0.3 is 9.64 Å². The molecule has 1 aliphatic rings. The Morgan fingerprint density at radius 2 is 1.80 bits per heavy atom. The van der Waals surface area contributed by atoms with Crippen LogP contribution in [0, 0.1) is 5.92 Å². The summed E-state index contributed by atoms with van der Waals surface area (Å²) in [5, 5.41) is 0. The van der Waals surface area contributed by atoms with E-state index in [2.05, 4.69) is 0 Å². The van der Waals surface area contributed by atoms with Gasteiger partial charge in [-0.1, -0.05) is 30.3 Å². The minimum absolute atomic E-state index is 0.0592. The fourth-order valence-electron chi connectivity index (χ4n) is 2.66. The van der Waals surface area contributed by atoms with E-state index in [0.29, 0.717) is 25.9 Å². The lowest BCUT2D eigenvalue weighted by Crippen LogP contribution is -2.42. The average molecular weight is 275 g/mol. The lowest BCUT2D eigenvalue weighted by molar-refractivity contribution is -0.149. The first-order valence-corrected chi connectivity index (χ1v) is 7.05. The third kappa shape index (κ3) is 3.18. The number of benzene rings is 1. The molecule has 0 saturated carbocycles. The van der Waals surface area contributed by atoms with Crippen molar-refractivity contribution < 1.29 is 14.3 Å². The summed E-state index contributed by atoms with van der Waals surface area (Å²) < 4.78 is 4.76. The van der Waals surface area contributed by atoms with Crippen molar-refractivity contribution in [2.75, 3.05) is 20.2 Å². The monoisotopic (exact) mass is 275 g/mol. The molecule has 1 aromatic carbocycles. The van der Waals surface area contributed by atoms with E-state index in [4.69, 9.17) is 4.74 Å². The van der Waals surface area contributed by atoms with Gasteiger partial charge >= 0.3 is 5.97 Å². The zero-order valence-corrected chi connectivity index (χ0v) is 12.0. The van der Waals surface area contributed by atoms with Gasteiger partial charge in [0.1, 0.15) is 0 Å². The number of hydrogen-bond donors (Lipinski definition) is 0. The van der Waals surface area contributed by atoms with E-state index < -0.39 is 0 Å². The van der Waals surface area contributed by atoms with Gasteiger partial charge in [0.15, 0.2) is 0 Å². The van der Waals surface area contributed by atoms with Crippen LogP contribution in [0.15, 0.2) is 30.3 Å². The van der Waals surface area contributed by atoms with E-state index in [-0.39, 0.29) is 23.7 Å². The second kappa shape index (κ2) is 6.55. The van der Waals surface area contributed by atoms with Gasteiger partial charge in [-0.15, -0.1) is 0 Å². The number of methoxy groups -OCH3 is 1. The first kappa shape index (κ1) is 14.6. The molecule has 0 aromatic heterocycles. The molecule has 1 atom stereocenters. The largest absolute Gasteiger partial charge is 0.469 e. The SMILES string of the molecule is COC(=O)C1CCN(C(=O)C(C)c2ccccc2)CC1. The van der Waals surface area contributed by atoms with E-state index in [1.807, 2.05) is 42.2 Å². The van der Waals surface area contributed by atoms with E-state index >= 15 is 0 Å². The molecule has 1 aliphatic heterocycles. The van der Waals surface area contributed by atoms with E-state index in [1.165, 1.54) is 7.11 Å². The predicted octanol–water partition coefficient (Wildman–Crippen LogP) is 2.20. The first-order valence-electron chi connectivity index (χ1n) is 7.05. The van der Waals surface area contributed by atoms with Crippen molar-refractivity contribution in [3.05, 3.63) is 35.9 Å². The molecule has 1 aromatic rings. The van der Waals surface area contributed by atoms with Gasteiger partial charge in [0, 0.05) is 13.1 Å². The number of rotatable bonds is 3. The summed E-state index contributed by atoms with van der Waals surface area (Å²) in [5.41, 5.74) is 1.03. The zero-order valence-electron chi connectivity index (χ0n) is 12.0. The Balaban J connectivity index is 1.93. The second-order valence-electron chi connectivity index (χ2n) is 5.26. The number of likely N-dealkylation sites (tertiary alicyclic amines) is 1. The van der Waals surface area contributed by atoms with Crippen molar-refractivity contribution in [2.24, 2.45) is 5.92 Å². The maximum Gasteiger partial charge on any atom is 0.308 e. The molecule has 1 fully saturated rings. The number of ether oxygens (including phenoxy) is 1. The van der Waals surface area contributed by atoms with Crippen LogP contribution in [0.25, 0.3) is 0 Å². The summed E-state index contributed by atoms with van der Waals surface area (Å²) in [5.74, 6) is -0.213. The summed E-state index contributed by atoms with van der Waals surface area (Å²) in [6.45, 7) is 3.20. The number of nitrogens with zero attached hydrogens (tertiary/aromatic N) is 1. The highest BCUT2D eigenvalue weighted by molar-refractivity contribution is 5.83. The molecule has 4 nitrogen and oxygen atoms in total. The normalized spacial score (nSPS) is 17.6. The third-order valence-electron chi connectivity index (χ3n) is 4.01. The molecule has 1 heterocycles. The van der Waals surface area contributed by atoms with Crippen molar-refractivity contribution in [1.29, 1.82) is 0 Å². The standard InChI is InChI=1S/C16H21NO3/c1-12(13-6-4-3-5-7-13)15(18)17-10-8-14(9-11-17)16(19)20-2/h3-7,12,14H,8-11H2,1-2H3. The fourth-order valence-corrected chi connectivity index (χ4v) is 2.66. The lowest BCUT2D eigenvalue weighted by atomic mass is 9.94. The average Bonchev–Trinajstić information content (AvgIpc) is 2.53. The summed E-state index contributed by atoms with van der Waals surface area (Å²) >= 11 is 0. The molecule has 20 heavy (non-hydrogen) atoms. The smallest absolute Gasteiger partial charge is 0.308 e. The summed E-state index contributed by atoms with van der Waals surface area (Å²) in [6.07, 6.45) is 1.39. The topological polar surface area (TPSA) is 46.6 Å². The van der Waals surface area contributed by atoms with Crippen LogP contribution in [0.5, 0.6) is 0 Å². The number of amides is 1. The number of piperidine rings is 1. The lowest BCUT2D eigenvalue weighted by Gasteiger charge is -2.32. The zero-order chi connectivity index (χ0) is 14.5. The third-order valence-corrected chi connectivity index (χ3v) is 4.01. The van der Waals surface area contributed by atoms with Crippen LogP contribution in [-0.2, 0) is 14.3 Å². The number of carbonyl (C=O) groups excluding carboxylic acids is 2. The number of hydrogen-bond acceptors (Lipinski definition) is 3. The Labute approximate surface area is 119 Å². The first-order chi connectivity index (χ1) is 9.63. The van der Waals surface area contributed by atoms with Crippen molar-refractivity contribution >= 4 is 11.9 Å². The Morgan fingerprint density at radius 1 is 1.20 bits per heavy atom. The van der Waals surface area contributed by atoms with Crippen molar-refractivity contribution in [3.8, 4) is 0 Å². The van der Waals surface area contributed by atoms with Crippen LogP contribution in [0.1, 0.15) is 31.2 Å². The van der Waals surface area contributed by atoms with E-state index in [0.717, 1.165) is 5.56 Å². The Bertz CT molecular complexity index is 464. The molecule has 108 valence electrons. The van der Waals surface area contributed by atoms with Gasteiger partial charge in [-0.25, -0.2) is 0 Å². The van der Waals surface area contributed by atoms with Crippen LogP contribution in [0.2, 0.25) is 0 Å². The second-order valence-corrected chi connectivity index (χ2v) is 5.26. The van der Waals surface area contributed by atoms with Crippen molar-refractivity contribution in [3.63, 3.8) is 0 Å². The fraction of sp³-hybridized carbons (Fsp3) is 0.500. The van der Waals surface area contributed by atoms with Gasteiger partial charge in [-0.05, 0) is 25.3 Å². The Kier molecular flexibility index (Phi) is 4.77. The van der Waals surface area contributed by atoms with Crippen LogP contribution in [0.4, 0.5) is 0 Å². The summed E-state index contributed by atoms with van der Waals surface area (Å²) in [4.78, 5) is 25.8. The van der Waals surface area contributed by atoms with Crippen molar-refractivity contribution in [2.45, 2.75) is 25.7 Å².